The van der Waals surface area contributed by atoms with Gasteiger partial charge in [-0.1, -0.05) is 19.1 Å². The normalized spacial score (nSPS) is 12.2. The lowest BCUT2D eigenvalue weighted by Crippen LogP contribution is -2.09. The topological polar surface area (TPSA) is 26.3 Å². The maximum Gasteiger partial charge on any atom is 0.132 e. The van der Waals surface area contributed by atoms with Gasteiger partial charge in [0.1, 0.15) is 11.5 Å². The van der Waals surface area contributed by atoms with Gasteiger partial charge in [0.25, 0.3) is 0 Å². The summed E-state index contributed by atoms with van der Waals surface area (Å²) in [5.74, 6) is 1.23. The molecule has 0 radical (unpaired) electrons. The average Bonchev–Trinajstić information content (AvgIpc) is 2.21. The highest BCUT2D eigenvalue weighted by Gasteiger charge is 2.08. The summed E-state index contributed by atoms with van der Waals surface area (Å²) in [6, 6.07) is 7.94. The summed E-state index contributed by atoms with van der Waals surface area (Å²) in [5, 5.41) is 0. The molecule has 0 aliphatic carbocycles. The number of carbonyl (C=O) groups excluding carboxylic acids is 1. The van der Waals surface area contributed by atoms with Gasteiger partial charge in [-0.15, -0.1) is 0 Å². The van der Waals surface area contributed by atoms with Crippen molar-refractivity contribution in [2.45, 2.75) is 27.2 Å². The number of hydrogen-bond donors (Lipinski definition) is 0. The fraction of sp³-hybridized carbons (Fsp3) is 0.462. The van der Waals surface area contributed by atoms with Crippen LogP contribution in [-0.2, 0) is 11.2 Å². The van der Waals surface area contributed by atoms with Crippen molar-refractivity contribution < 1.29 is 9.53 Å². The molecule has 0 spiro atoms. The van der Waals surface area contributed by atoms with E-state index in [0.29, 0.717) is 6.61 Å². The van der Waals surface area contributed by atoms with Gasteiger partial charge < -0.3 is 4.74 Å². The van der Waals surface area contributed by atoms with Crippen LogP contribution in [0.1, 0.15) is 26.3 Å². The zero-order chi connectivity index (χ0) is 11.3. The van der Waals surface area contributed by atoms with Crippen LogP contribution in [-0.4, -0.2) is 12.4 Å². The van der Waals surface area contributed by atoms with E-state index >= 15 is 0 Å². The smallest absolute Gasteiger partial charge is 0.132 e. The molecule has 0 aliphatic rings. The average molecular weight is 206 g/mol. The van der Waals surface area contributed by atoms with E-state index in [-0.39, 0.29) is 11.7 Å². The lowest BCUT2D eigenvalue weighted by atomic mass is 9.98. The Bertz CT molecular complexity index is 314. The highest BCUT2D eigenvalue weighted by atomic mass is 16.5. The van der Waals surface area contributed by atoms with Gasteiger partial charge in [0.15, 0.2) is 0 Å². The molecule has 0 fully saturated rings. The molecule has 0 unspecified atom stereocenters. The van der Waals surface area contributed by atoms with E-state index in [1.54, 1.807) is 6.92 Å². The standard InChI is InChI=1S/C13H18O2/c1-4-15-13-7-5-12(6-8-13)9-10(2)11(3)14/h5-8,10H,4,9H2,1-3H3/t10-/m0/s1. The molecule has 0 bridgehead atoms. The fourth-order valence-electron chi connectivity index (χ4n) is 1.39. The summed E-state index contributed by atoms with van der Waals surface area (Å²) < 4.78 is 5.35. The van der Waals surface area contributed by atoms with E-state index in [0.717, 1.165) is 12.2 Å². The van der Waals surface area contributed by atoms with Crippen molar-refractivity contribution in [3.63, 3.8) is 0 Å². The highest BCUT2D eigenvalue weighted by Crippen LogP contribution is 2.15. The minimum Gasteiger partial charge on any atom is -0.494 e. The molecule has 1 atom stereocenters. The first-order chi connectivity index (χ1) is 7.13. The van der Waals surface area contributed by atoms with E-state index in [4.69, 9.17) is 4.74 Å². The molecule has 0 aliphatic heterocycles. The summed E-state index contributed by atoms with van der Waals surface area (Å²) >= 11 is 0. The lowest BCUT2D eigenvalue weighted by Gasteiger charge is -2.08. The van der Waals surface area contributed by atoms with Gasteiger partial charge in [-0.25, -0.2) is 0 Å². The third kappa shape index (κ3) is 3.74. The van der Waals surface area contributed by atoms with Gasteiger partial charge in [-0.05, 0) is 38.0 Å². The number of ether oxygens (including phenoxy) is 1. The predicted molar refractivity (Wildman–Crippen MR) is 61.2 cm³/mol. The van der Waals surface area contributed by atoms with Crippen LogP contribution < -0.4 is 4.74 Å². The number of Topliss-reactive ketones (excluding diaryl/α,β-unsaturated/α-hetero) is 1. The molecular weight excluding hydrogens is 188 g/mol. The first kappa shape index (κ1) is 11.8. The Morgan fingerprint density at radius 3 is 2.40 bits per heavy atom. The van der Waals surface area contributed by atoms with Crippen LogP contribution in [0.2, 0.25) is 0 Å². The molecule has 0 aromatic heterocycles. The van der Waals surface area contributed by atoms with Gasteiger partial charge in [0.05, 0.1) is 6.61 Å². The number of carbonyl (C=O) groups is 1. The van der Waals surface area contributed by atoms with Gasteiger partial charge in [-0.3, -0.25) is 4.79 Å². The van der Waals surface area contributed by atoms with Crippen molar-refractivity contribution in [1.29, 1.82) is 0 Å². The molecule has 0 saturated heterocycles. The molecule has 0 amide bonds. The van der Waals surface area contributed by atoms with Crippen LogP contribution in [0, 0.1) is 5.92 Å². The summed E-state index contributed by atoms with van der Waals surface area (Å²) in [7, 11) is 0. The Kier molecular flexibility index (Phi) is 4.35. The second-order valence-electron chi connectivity index (χ2n) is 3.79. The molecule has 1 aromatic carbocycles. The van der Waals surface area contributed by atoms with Crippen molar-refractivity contribution in [2.24, 2.45) is 5.92 Å². The zero-order valence-corrected chi connectivity index (χ0v) is 9.62. The Balaban J connectivity index is 2.60. The van der Waals surface area contributed by atoms with Gasteiger partial charge in [0.2, 0.25) is 0 Å². The van der Waals surface area contributed by atoms with Crippen LogP contribution in [0.25, 0.3) is 0 Å². The van der Waals surface area contributed by atoms with E-state index in [9.17, 15) is 4.79 Å². The van der Waals surface area contributed by atoms with Gasteiger partial charge in [-0.2, -0.15) is 0 Å². The van der Waals surface area contributed by atoms with E-state index < -0.39 is 0 Å². The van der Waals surface area contributed by atoms with Gasteiger partial charge in [0, 0.05) is 5.92 Å². The second kappa shape index (κ2) is 5.54. The molecule has 1 rings (SSSR count). The molecule has 15 heavy (non-hydrogen) atoms. The number of rotatable bonds is 5. The Morgan fingerprint density at radius 2 is 1.93 bits per heavy atom. The van der Waals surface area contributed by atoms with E-state index in [1.165, 1.54) is 5.56 Å². The minimum atomic E-state index is 0.0999. The quantitative estimate of drug-likeness (QED) is 0.740. The highest BCUT2D eigenvalue weighted by molar-refractivity contribution is 5.78. The largest absolute Gasteiger partial charge is 0.494 e. The third-order valence-corrected chi connectivity index (χ3v) is 2.47. The Labute approximate surface area is 91.3 Å². The molecule has 2 nitrogen and oxygen atoms in total. The van der Waals surface area contributed by atoms with Crippen LogP contribution in [0.15, 0.2) is 24.3 Å². The second-order valence-corrected chi connectivity index (χ2v) is 3.79. The summed E-state index contributed by atoms with van der Waals surface area (Å²) in [6.45, 7) is 6.24. The summed E-state index contributed by atoms with van der Waals surface area (Å²) in [5.41, 5.74) is 1.18. The molecule has 0 N–H and O–H groups in total. The molecular formula is C13H18O2. The van der Waals surface area contributed by atoms with Gasteiger partial charge >= 0.3 is 0 Å². The number of benzene rings is 1. The molecule has 0 heterocycles. The lowest BCUT2D eigenvalue weighted by molar-refractivity contribution is -0.120. The monoisotopic (exact) mass is 206 g/mol. The first-order valence-corrected chi connectivity index (χ1v) is 5.35. The van der Waals surface area contributed by atoms with E-state index in [1.807, 2.05) is 38.1 Å². The third-order valence-electron chi connectivity index (χ3n) is 2.47. The van der Waals surface area contributed by atoms with Crippen molar-refractivity contribution in [3.8, 4) is 5.75 Å². The number of ketones is 1. The first-order valence-electron chi connectivity index (χ1n) is 5.35. The van der Waals surface area contributed by atoms with Crippen LogP contribution >= 0.6 is 0 Å². The molecule has 1 aromatic rings. The maximum absolute atomic E-state index is 11.1. The fourth-order valence-corrected chi connectivity index (χ4v) is 1.39. The van der Waals surface area contributed by atoms with Crippen LogP contribution in [0.5, 0.6) is 5.75 Å². The van der Waals surface area contributed by atoms with Crippen molar-refractivity contribution in [1.82, 2.24) is 0 Å². The molecule has 0 saturated carbocycles. The molecule has 82 valence electrons. The van der Waals surface area contributed by atoms with Crippen LogP contribution in [0.4, 0.5) is 0 Å². The Morgan fingerprint density at radius 1 is 1.33 bits per heavy atom. The maximum atomic E-state index is 11.1. The summed E-state index contributed by atoms with van der Waals surface area (Å²) in [4.78, 5) is 11.1. The van der Waals surface area contributed by atoms with E-state index in [2.05, 4.69) is 0 Å². The molecule has 2 heteroatoms. The van der Waals surface area contributed by atoms with Crippen molar-refractivity contribution in [3.05, 3.63) is 29.8 Å². The van der Waals surface area contributed by atoms with Crippen molar-refractivity contribution >= 4 is 5.78 Å². The predicted octanol–water partition coefficient (Wildman–Crippen LogP) is 2.85. The summed E-state index contributed by atoms with van der Waals surface area (Å²) in [6.07, 6.45) is 0.807. The SMILES string of the molecule is CCOc1ccc(C[C@H](C)C(C)=O)cc1. The van der Waals surface area contributed by atoms with Crippen LogP contribution in [0.3, 0.4) is 0 Å². The van der Waals surface area contributed by atoms with Crippen molar-refractivity contribution in [2.75, 3.05) is 6.61 Å². The zero-order valence-electron chi connectivity index (χ0n) is 9.62. The number of hydrogen-bond acceptors (Lipinski definition) is 2. The minimum absolute atomic E-state index is 0.0999. The Hall–Kier alpha value is -1.31.